The Hall–Kier alpha value is -1.10. The molecule has 1 amide bonds. The molecule has 6 atom stereocenters. The van der Waals surface area contributed by atoms with Crippen LogP contribution in [0.4, 0.5) is 0 Å². The first-order valence-corrected chi connectivity index (χ1v) is 16.8. The summed E-state index contributed by atoms with van der Waals surface area (Å²) in [6.07, 6.45) is 9.20. The van der Waals surface area contributed by atoms with Crippen LogP contribution in [-0.4, -0.2) is 35.7 Å². The molecule has 0 spiro atoms. The molecule has 0 rings (SSSR count). The minimum atomic E-state index is -0.526. The lowest BCUT2D eigenvalue weighted by molar-refractivity contribution is -0.141. The van der Waals surface area contributed by atoms with E-state index in [4.69, 9.17) is 10.1 Å². The van der Waals surface area contributed by atoms with Crippen LogP contribution in [0.15, 0.2) is 0 Å². The van der Waals surface area contributed by atoms with Gasteiger partial charge < -0.3 is 15.2 Å². The predicted octanol–water partition coefficient (Wildman–Crippen LogP) is 9.94. The van der Waals surface area contributed by atoms with Crippen molar-refractivity contribution in [3.63, 3.8) is 0 Å². The van der Waals surface area contributed by atoms with Crippen LogP contribution in [0.1, 0.15) is 168 Å². The molecule has 0 saturated carbocycles. The van der Waals surface area contributed by atoms with Crippen LogP contribution in [0.2, 0.25) is 0 Å². The lowest BCUT2D eigenvalue weighted by Gasteiger charge is -2.57. The highest BCUT2D eigenvalue weighted by Crippen LogP contribution is 2.59. The maximum atomic E-state index is 12.4. The molecule has 0 aromatic rings. The van der Waals surface area contributed by atoms with Crippen molar-refractivity contribution in [1.29, 1.82) is 5.41 Å². The van der Waals surface area contributed by atoms with Gasteiger partial charge in [0.1, 0.15) is 6.10 Å². The number of nitrogens with one attached hydrogen (secondary N) is 2. The van der Waals surface area contributed by atoms with Crippen molar-refractivity contribution in [3.8, 4) is 0 Å². The summed E-state index contributed by atoms with van der Waals surface area (Å²) in [5, 5.41) is 23.9. The largest absolute Gasteiger partial charge is 0.478 e. The van der Waals surface area contributed by atoms with Crippen LogP contribution in [0.5, 0.6) is 0 Å². The molecule has 6 unspecified atom stereocenters. The van der Waals surface area contributed by atoms with Gasteiger partial charge >= 0.3 is 0 Å². The second-order valence-electron chi connectivity index (χ2n) is 15.5. The molecule has 0 bridgehead atoms. The number of hydrogen-bond donors (Lipinski definition) is 3. The van der Waals surface area contributed by atoms with Crippen molar-refractivity contribution >= 4 is 12.3 Å². The van der Waals surface area contributed by atoms with Gasteiger partial charge in [-0.05, 0) is 78.4 Å². The molecule has 0 aliphatic heterocycles. The molecule has 5 heteroatoms. The molecule has 0 aliphatic rings. The summed E-state index contributed by atoms with van der Waals surface area (Å²) < 4.78 is 6.45. The van der Waals surface area contributed by atoms with Crippen LogP contribution in [0.25, 0.3) is 0 Å². The van der Waals surface area contributed by atoms with Crippen molar-refractivity contribution in [1.82, 2.24) is 5.32 Å². The highest BCUT2D eigenvalue weighted by molar-refractivity contribution is 5.69. The second-order valence-corrected chi connectivity index (χ2v) is 15.5. The Morgan fingerprint density at radius 3 is 1.61 bits per heavy atom. The van der Waals surface area contributed by atoms with Gasteiger partial charge in [0.25, 0.3) is 0 Å². The standard InChI is InChI=1S/C36H72N2O3/c1-16-31(9,10)25-30(41-27(8)37)36(21-6,22-7)34(14,19-4)24-29(40)35(15,20-5)33(13,18-3)23-28(38-26-39)32(11,12)17-2/h26,28-30,37,40H,16-25H2,1-15H3,(H,38,39). The minimum Gasteiger partial charge on any atom is -0.478 e. The quantitative estimate of drug-likeness (QED) is 0.0717. The number of amides is 1. The summed E-state index contributed by atoms with van der Waals surface area (Å²) in [6.45, 7) is 33.5. The Morgan fingerprint density at radius 2 is 1.27 bits per heavy atom. The van der Waals surface area contributed by atoms with E-state index in [2.05, 4.69) is 102 Å². The summed E-state index contributed by atoms with van der Waals surface area (Å²) in [5.41, 5.74) is -0.886. The van der Waals surface area contributed by atoms with Gasteiger partial charge in [-0.3, -0.25) is 10.2 Å². The first-order valence-electron chi connectivity index (χ1n) is 16.8. The van der Waals surface area contributed by atoms with Crippen LogP contribution in [-0.2, 0) is 9.53 Å². The van der Waals surface area contributed by atoms with Gasteiger partial charge in [-0.15, -0.1) is 0 Å². The maximum Gasteiger partial charge on any atom is 0.207 e. The van der Waals surface area contributed by atoms with Crippen molar-refractivity contribution in [2.45, 2.75) is 186 Å². The number of rotatable bonds is 21. The van der Waals surface area contributed by atoms with Crippen molar-refractivity contribution in [2.24, 2.45) is 32.5 Å². The number of ether oxygens (including phenoxy) is 1. The summed E-state index contributed by atoms with van der Waals surface area (Å²) in [5.74, 6) is 0.274. The van der Waals surface area contributed by atoms with Crippen molar-refractivity contribution in [2.75, 3.05) is 0 Å². The first kappa shape index (κ1) is 39.9. The van der Waals surface area contributed by atoms with E-state index in [1.807, 2.05) is 0 Å². The minimum absolute atomic E-state index is 0.0283. The Morgan fingerprint density at radius 1 is 0.756 bits per heavy atom. The fourth-order valence-corrected chi connectivity index (χ4v) is 7.69. The normalized spacial score (nSPS) is 19.7. The SMILES string of the molecule is CCC(C)(C)CC(OC(C)=N)C(CC)(CC)C(C)(CC)CC(O)C(C)(CC)C(C)(CC)CC(NC=O)C(C)(C)CC. The molecule has 0 aromatic heterocycles. The Kier molecular flexibility index (Phi) is 15.2. The van der Waals surface area contributed by atoms with E-state index in [-0.39, 0.29) is 50.5 Å². The number of aliphatic hydroxyl groups excluding tert-OH is 1. The Balaban J connectivity index is 6.89. The van der Waals surface area contributed by atoms with E-state index < -0.39 is 6.10 Å². The average Bonchev–Trinajstić information content (AvgIpc) is 2.92. The smallest absolute Gasteiger partial charge is 0.207 e. The summed E-state index contributed by atoms with van der Waals surface area (Å²) in [4.78, 5) is 11.7. The molecule has 0 saturated heterocycles. The molecule has 41 heavy (non-hydrogen) atoms. The lowest BCUT2D eigenvalue weighted by Crippen LogP contribution is -2.56. The van der Waals surface area contributed by atoms with E-state index in [1.165, 1.54) is 0 Å². The third-order valence-corrected chi connectivity index (χ3v) is 12.9. The monoisotopic (exact) mass is 581 g/mol. The van der Waals surface area contributed by atoms with Gasteiger partial charge in [0.05, 0.1) is 6.10 Å². The van der Waals surface area contributed by atoms with Crippen LogP contribution in [0.3, 0.4) is 0 Å². The first-order chi connectivity index (χ1) is 18.7. The van der Waals surface area contributed by atoms with Crippen LogP contribution < -0.4 is 5.32 Å². The lowest BCUT2D eigenvalue weighted by atomic mass is 9.50. The summed E-state index contributed by atoms with van der Waals surface area (Å²) >= 11 is 0. The summed E-state index contributed by atoms with van der Waals surface area (Å²) in [6, 6.07) is 0.0283. The van der Waals surface area contributed by atoms with Gasteiger partial charge in [-0.1, -0.05) is 110 Å². The zero-order valence-corrected chi connectivity index (χ0v) is 30.1. The Bertz CT molecular complexity index is 805. The molecule has 0 aromatic carbocycles. The predicted molar refractivity (Wildman–Crippen MR) is 177 cm³/mol. The number of carbonyl (C=O) groups excluding carboxylic acids is 1. The fourth-order valence-electron chi connectivity index (χ4n) is 7.69. The molecule has 0 radical (unpaired) electrons. The molecule has 244 valence electrons. The van der Waals surface area contributed by atoms with E-state index in [0.29, 0.717) is 6.42 Å². The Labute approximate surface area is 256 Å². The fraction of sp³-hybridized carbons (Fsp3) is 0.944. The van der Waals surface area contributed by atoms with Gasteiger partial charge in [-0.25, -0.2) is 0 Å². The van der Waals surface area contributed by atoms with Gasteiger partial charge in [-0.2, -0.15) is 0 Å². The highest BCUT2D eigenvalue weighted by atomic mass is 16.5. The molecule has 0 heterocycles. The average molecular weight is 581 g/mol. The highest BCUT2D eigenvalue weighted by Gasteiger charge is 2.56. The van der Waals surface area contributed by atoms with Crippen LogP contribution >= 0.6 is 0 Å². The van der Waals surface area contributed by atoms with E-state index in [1.54, 1.807) is 6.92 Å². The van der Waals surface area contributed by atoms with Gasteiger partial charge in [0.15, 0.2) is 5.90 Å². The van der Waals surface area contributed by atoms with Gasteiger partial charge in [0.2, 0.25) is 6.41 Å². The van der Waals surface area contributed by atoms with Crippen molar-refractivity contribution < 1.29 is 14.6 Å². The maximum absolute atomic E-state index is 12.4. The van der Waals surface area contributed by atoms with Gasteiger partial charge in [0, 0.05) is 18.4 Å². The molecular formula is C36H72N2O3. The van der Waals surface area contributed by atoms with Crippen molar-refractivity contribution in [3.05, 3.63) is 0 Å². The van der Waals surface area contributed by atoms with E-state index in [9.17, 15) is 9.90 Å². The number of carbonyl (C=O) groups is 1. The molecule has 0 aliphatic carbocycles. The van der Waals surface area contributed by atoms with Crippen LogP contribution in [0, 0.1) is 37.9 Å². The zero-order valence-electron chi connectivity index (χ0n) is 30.1. The number of aliphatic hydroxyl groups is 1. The number of hydrogen-bond acceptors (Lipinski definition) is 4. The zero-order chi connectivity index (χ0) is 32.5. The molecule has 0 fully saturated rings. The van der Waals surface area contributed by atoms with E-state index in [0.717, 1.165) is 64.2 Å². The van der Waals surface area contributed by atoms with E-state index >= 15 is 0 Å². The second kappa shape index (κ2) is 15.6. The molecule has 3 N–H and O–H groups in total. The third-order valence-electron chi connectivity index (χ3n) is 12.9. The molecule has 5 nitrogen and oxygen atoms in total. The topological polar surface area (TPSA) is 82.4 Å². The molecular weight excluding hydrogens is 508 g/mol. The summed E-state index contributed by atoms with van der Waals surface area (Å²) in [7, 11) is 0. The third kappa shape index (κ3) is 8.73.